The average molecular weight is 213 g/mol. The summed E-state index contributed by atoms with van der Waals surface area (Å²) in [4.78, 5) is 0. The van der Waals surface area contributed by atoms with Crippen LogP contribution in [0.25, 0.3) is 10.8 Å². The van der Waals surface area contributed by atoms with E-state index in [0.29, 0.717) is 6.04 Å². The van der Waals surface area contributed by atoms with Gasteiger partial charge in [0.05, 0.1) is 0 Å². The van der Waals surface area contributed by atoms with E-state index in [0.717, 1.165) is 5.75 Å². The van der Waals surface area contributed by atoms with Gasteiger partial charge in [0, 0.05) is 17.0 Å². The number of rotatable bonds is 0. The molecule has 0 saturated carbocycles. The van der Waals surface area contributed by atoms with E-state index in [2.05, 4.69) is 48.6 Å². The lowest BCUT2D eigenvalue weighted by Crippen LogP contribution is -2.38. The zero-order valence-corrected chi connectivity index (χ0v) is 9.53. The number of fused-ring (bicyclic) bond motifs is 3. The Balaban J connectivity index is 2.29. The van der Waals surface area contributed by atoms with Crippen molar-refractivity contribution in [3.63, 3.8) is 0 Å². The van der Waals surface area contributed by atoms with Gasteiger partial charge in [0.2, 0.25) is 0 Å². The van der Waals surface area contributed by atoms with E-state index in [1.165, 1.54) is 16.3 Å². The van der Waals surface area contributed by atoms with Gasteiger partial charge < -0.3 is 4.74 Å². The van der Waals surface area contributed by atoms with Crippen LogP contribution in [-0.4, -0.2) is 6.23 Å². The van der Waals surface area contributed by atoms with Gasteiger partial charge in [0.25, 0.3) is 0 Å². The number of hydrogen-bond donors (Lipinski definition) is 1. The van der Waals surface area contributed by atoms with Crippen molar-refractivity contribution in [3.8, 4) is 5.75 Å². The number of ether oxygens (including phenoxy) is 1. The first-order valence-corrected chi connectivity index (χ1v) is 5.70. The molecule has 2 heteroatoms. The molecule has 16 heavy (non-hydrogen) atoms. The van der Waals surface area contributed by atoms with E-state index in [-0.39, 0.29) is 6.23 Å². The standard InChI is InChI=1S/C14H15NO/c1-9-12-8-7-11-5-3-4-6-13(11)14(12)16-10(2)15-9/h3-10,15H,1-2H3/t9-,10+/m0/s1. The van der Waals surface area contributed by atoms with Crippen molar-refractivity contribution in [2.75, 3.05) is 0 Å². The molecule has 2 atom stereocenters. The summed E-state index contributed by atoms with van der Waals surface area (Å²) in [6, 6.07) is 13.0. The van der Waals surface area contributed by atoms with Crippen LogP contribution in [0.15, 0.2) is 36.4 Å². The predicted molar refractivity (Wildman–Crippen MR) is 65.6 cm³/mol. The maximum atomic E-state index is 5.90. The van der Waals surface area contributed by atoms with Crippen LogP contribution < -0.4 is 10.1 Å². The van der Waals surface area contributed by atoms with Crippen LogP contribution in [0.3, 0.4) is 0 Å². The van der Waals surface area contributed by atoms with E-state index < -0.39 is 0 Å². The van der Waals surface area contributed by atoms with Gasteiger partial charge in [0.15, 0.2) is 0 Å². The van der Waals surface area contributed by atoms with Crippen molar-refractivity contribution in [3.05, 3.63) is 42.0 Å². The summed E-state index contributed by atoms with van der Waals surface area (Å²) in [6.07, 6.45) is 0.0771. The monoisotopic (exact) mass is 213 g/mol. The maximum Gasteiger partial charge on any atom is 0.147 e. The molecule has 0 spiro atoms. The van der Waals surface area contributed by atoms with Crippen molar-refractivity contribution >= 4 is 10.8 Å². The second kappa shape index (κ2) is 3.49. The highest BCUT2D eigenvalue weighted by Crippen LogP contribution is 2.36. The lowest BCUT2D eigenvalue weighted by Gasteiger charge is -2.30. The summed E-state index contributed by atoms with van der Waals surface area (Å²) in [7, 11) is 0. The lowest BCUT2D eigenvalue weighted by molar-refractivity contribution is 0.147. The SMILES string of the molecule is C[C@@H]1N[C@@H](C)c2ccc3ccccc3c2O1. The molecule has 0 saturated heterocycles. The topological polar surface area (TPSA) is 21.3 Å². The average Bonchev–Trinajstić information content (AvgIpc) is 2.28. The van der Waals surface area contributed by atoms with E-state index in [4.69, 9.17) is 4.74 Å². The molecule has 0 fully saturated rings. The molecule has 2 nitrogen and oxygen atoms in total. The number of benzene rings is 2. The zero-order chi connectivity index (χ0) is 11.1. The highest BCUT2D eigenvalue weighted by atomic mass is 16.5. The summed E-state index contributed by atoms with van der Waals surface area (Å²) in [5.41, 5.74) is 1.25. The van der Waals surface area contributed by atoms with E-state index in [9.17, 15) is 0 Å². The summed E-state index contributed by atoms with van der Waals surface area (Å²) in [6.45, 7) is 4.22. The summed E-state index contributed by atoms with van der Waals surface area (Å²) >= 11 is 0. The van der Waals surface area contributed by atoms with Gasteiger partial charge in [-0.15, -0.1) is 0 Å². The van der Waals surface area contributed by atoms with Crippen molar-refractivity contribution in [1.29, 1.82) is 0 Å². The fourth-order valence-corrected chi connectivity index (χ4v) is 2.39. The van der Waals surface area contributed by atoms with Crippen LogP contribution >= 0.6 is 0 Å². The molecule has 0 amide bonds. The van der Waals surface area contributed by atoms with Gasteiger partial charge in [-0.1, -0.05) is 36.4 Å². The fourth-order valence-electron chi connectivity index (χ4n) is 2.39. The second-order valence-corrected chi connectivity index (χ2v) is 4.35. The molecule has 2 aromatic carbocycles. The Morgan fingerprint density at radius 1 is 1.06 bits per heavy atom. The van der Waals surface area contributed by atoms with Crippen molar-refractivity contribution in [2.45, 2.75) is 26.1 Å². The summed E-state index contributed by atoms with van der Waals surface area (Å²) in [5, 5.41) is 5.82. The molecule has 1 heterocycles. The van der Waals surface area contributed by atoms with Crippen molar-refractivity contribution in [2.24, 2.45) is 0 Å². The minimum atomic E-state index is 0.0771. The molecular weight excluding hydrogens is 198 g/mol. The van der Waals surface area contributed by atoms with Crippen LogP contribution in [0.1, 0.15) is 25.5 Å². The van der Waals surface area contributed by atoms with Crippen LogP contribution in [0.4, 0.5) is 0 Å². The fraction of sp³-hybridized carbons (Fsp3) is 0.286. The molecule has 0 radical (unpaired) electrons. The Kier molecular flexibility index (Phi) is 2.11. The Labute approximate surface area is 95.2 Å². The summed E-state index contributed by atoms with van der Waals surface area (Å²) < 4.78 is 5.90. The predicted octanol–water partition coefficient (Wildman–Crippen LogP) is 3.23. The molecule has 3 rings (SSSR count). The molecule has 0 bridgehead atoms. The van der Waals surface area contributed by atoms with E-state index >= 15 is 0 Å². The normalized spacial score (nSPS) is 23.9. The van der Waals surface area contributed by atoms with Crippen LogP contribution in [0.5, 0.6) is 5.75 Å². The Morgan fingerprint density at radius 3 is 2.75 bits per heavy atom. The minimum Gasteiger partial charge on any atom is -0.475 e. The molecule has 1 aliphatic heterocycles. The molecule has 0 aliphatic carbocycles. The van der Waals surface area contributed by atoms with Gasteiger partial charge in [-0.05, 0) is 19.2 Å². The first kappa shape index (κ1) is 9.67. The quantitative estimate of drug-likeness (QED) is 0.725. The van der Waals surface area contributed by atoms with Crippen LogP contribution in [0, 0.1) is 0 Å². The molecule has 82 valence electrons. The Morgan fingerprint density at radius 2 is 1.88 bits per heavy atom. The smallest absolute Gasteiger partial charge is 0.147 e. The molecule has 1 N–H and O–H groups in total. The van der Waals surface area contributed by atoms with Crippen LogP contribution in [0.2, 0.25) is 0 Å². The van der Waals surface area contributed by atoms with Crippen molar-refractivity contribution < 1.29 is 4.74 Å². The van der Waals surface area contributed by atoms with Gasteiger partial charge in [0.1, 0.15) is 12.0 Å². The number of nitrogens with one attached hydrogen (secondary N) is 1. The zero-order valence-electron chi connectivity index (χ0n) is 9.53. The third kappa shape index (κ3) is 1.38. The highest BCUT2D eigenvalue weighted by molar-refractivity contribution is 5.89. The van der Waals surface area contributed by atoms with Gasteiger partial charge >= 0.3 is 0 Å². The molecular formula is C14H15NO. The highest BCUT2D eigenvalue weighted by Gasteiger charge is 2.22. The molecule has 0 aromatic heterocycles. The molecule has 0 unspecified atom stereocenters. The van der Waals surface area contributed by atoms with E-state index in [1.807, 2.05) is 6.92 Å². The Hall–Kier alpha value is -1.54. The van der Waals surface area contributed by atoms with E-state index in [1.54, 1.807) is 0 Å². The molecule has 2 aromatic rings. The first-order valence-electron chi connectivity index (χ1n) is 5.70. The van der Waals surface area contributed by atoms with Gasteiger partial charge in [-0.3, -0.25) is 5.32 Å². The Bertz CT molecular complexity index is 535. The maximum absolute atomic E-state index is 5.90. The number of hydrogen-bond acceptors (Lipinski definition) is 2. The van der Waals surface area contributed by atoms with Crippen LogP contribution in [-0.2, 0) is 0 Å². The largest absolute Gasteiger partial charge is 0.475 e. The summed E-state index contributed by atoms with van der Waals surface area (Å²) in [5.74, 6) is 1.04. The third-order valence-corrected chi connectivity index (χ3v) is 3.16. The minimum absolute atomic E-state index is 0.0771. The van der Waals surface area contributed by atoms with Gasteiger partial charge in [-0.25, -0.2) is 0 Å². The molecule has 1 aliphatic rings. The second-order valence-electron chi connectivity index (χ2n) is 4.35. The third-order valence-electron chi connectivity index (χ3n) is 3.16. The first-order chi connectivity index (χ1) is 7.75. The van der Waals surface area contributed by atoms with Crippen molar-refractivity contribution in [1.82, 2.24) is 5.32 Å². The van der Waals surface area contributed by atoms with Gasteiger partial charge in [-0.2, -0.15) is 0 Å². The lowest BCUT2D eigenvalue weighted by atomic mass is 9.99.